The normalized spacial score (nSPS) is 13.8. The Morgan fingerprint density at radius 1 is 1.38 bits per heavy atom. The van der Waals surface area contributed by atoms with Gasteiger partial charge in [-0.05, 0) is 31.8 Å². The molecule has 0 aliphatic rings. The second-order valence-corrected chi connectivity index (χ2v) is 5.06. The molecule has 118 valence electrons. The molecular weight excluding hydrogens is 270 g/mol. The maximum Gasteiger partial charge on any atom is 0.239 e. The number of benzene rings is 1. The van der Waals surface area contributed by atoms with E-state index < -0.39 is 6.04 Å². The molecule has 1 amide bonds. The molecule has 0 bridgehead atoms. The maximum atomic E-state index is 11.9. The Labute approximate surface area is 126 Å². The number of nitrogens with zero attached hydrogens (tertiary/aromatic N) is 1. The first-order valence-electron chi connectivity index (χ1n) is 6.82. The quantitative estimate of drug-likeness (QED) is 0.725. The molecule has 6 heteroatoms. The number of likely N-dealkylation sites (N-methyl/N-ethyl adjacent to an activating group) is 1. The van der Waals surface area contributed by atoms with Crippen molar-refractivity contribution < 1.29 is 14.3 Å². The molecule has 0 aliphatic heterocycles. The largest absolute Gasteiger partial charge is 0.497 e. The maximum absolute atomic E-state index is 11.9. The number of nitrogens with two attached hydrogens (primary N) is 1. The molecule has 6 nitrogen and oxygen atoms in total. The van der Waals surface area contributed by atoms with Crippen molar-refractivity contribution in [3.05, 3.63) is 29.8 Å². The number of methoxy groups -OCH3 is 2. The van der Waals surface area contributed by atoms with Gasteiger partial charge in [0.05, 0.1) is 19.8 Å². The highest BCUT2D eigenvalue weighted by atomic mass is 16.5. The summed E-state index contributed by atoms with van der Waals surface area (Å²) < 4.78 is 10.1. The summed E-state index contributed by atoms with van der Waals surface area (Å²) in [6.07, 6.45) is 0. The van der Waals surface area contributed by atoms with Gasteiger partial charge in [-0.2, -0.15) is 0 Å². The number of carbonyl (C=O) groups excluding carboxylic acids is 1. The highest BCUT2D eigenvalue weighted by molar-refractivity contribution is 5.81. The fourth-order valence-electron chi connectivity index (χ4n) is 2.03. The van der Waals surface area contributed by atoms with E-state index in [1.807, 2.05) is 43.3 Å². The van der Waals surface area contributed by atoms with E-state index in [1.54, 1.807) is 7.11 Å². The van der Waals surface area contributed by atoms with Gasteiger partial charge in [-0.3, -0.25) is 4.79 Å². The first-order chi connectivity index (χ1) is 9.99. The smallest absolute Gasteiger partial charge is 0.239 e. The van der Waals surface area contributed by atoms with Gasteiger partial charge in [0.1, 0.15) is 11.8 Å². The lowest BCUT2D eigenvalue weighted by Crippen LogP contribution is -2.45. The standard InChI is InChI=1S/C15H25N3O3/c1-18(2)14(9-17-15(19)13(16)10-20-3)11-6-5-7-12(8-11)21-4/h5-8,13-14H,9-10,16H2,1-4H3,(H,17,19). The molecule has 0 aliphatic carbocycles. The number of rotatable bonds is 8. The molecule has 2 atom stereocenters. The second-order valence-electron chi connectivity index (χ2n) is 5.06. The van der Waals surface area contributed by atoms with Crippen LogP contribution in [0.1, 0.15) is 11.6 Å². The minimum Gasteiger partial charge on any atom is -0.497 e. The van der Waals surface area contributed by atoms with Crippen molar-refractivity contribution in [2.75, 3.05) is 41.5 Å². The van der Waals surface area contributed by atoms with E-state index in [4.69, 9.17) is 15.2 Å². The molecule has 1 rings (SSSR count). The summed E-state index contributed by atoms with van der Waals surface area (Å²) in [7, 11) is 7.08. The summed E-state index contributed by atoms with van der Waals surface area (Å²) >= 11 is 0. The first kappa shape index (κ1) is 17.4. The summed E-state index contributed by atoms with van der Waals surface area (Å²) in [6.45, 7) is 0.675. The number of amides is 1. The number of carbonyl (C=O) groups is 1. The monoisotopic (exact) mass is 295 g/mol. The molecular formula is C15H25N3O3. The van der Waals surface area contributed by atoms with Crippen molar-refractivity contribution >= 4 is 5.91 Å². The van der Waals surface area contributed by atoms with Gasteiger partial charge in [0, 0.05) is 13.7 Å². The zero-order chi connectivity index (χ0) is 15.8. The van der Waals surface area contributed by atoms with Gasteiger partial charge in [0.15, 0.2) is 0 Å². The van der Waals surface area contributed by atoms with Crippen molar-refractivity contribution in [3.63, 3.8) is 0 Å². The molecule has 21 heavy (non-hydrogen) atoms. The van der Waals surface area contributed by atoms with Gasteiger partial charge in [-0.15, -0.1) is 0 Å². The van der Waals surface area contributed by atoms with Gasteiger partial charge in [-0.1, -0.05) is 12.1 Å². The second kappa shape index (κ2) is 8.61. The molecule has 0 fully saturated rings. The summed E-state index contributed by atoms with van der Waals surface area (Å²) in [5.41, 5.74) is 6.77. The van der Waals surface area contributed by atoms with Crippen LogP contribution in [0.2, 0.25) is 0 Å². The van der Waals surface area contributed by atoms with Crippen LogP contribution in [0.3, 0.4) is 0 Å². The fourth-order valence-corrected chi connectivity index (χ4v) is 2.03. The summed E-state index contributed by atoms with van der Waals surface area (Å²) in [4.78, 5) is 13.9. The van der Waals surface area contributed by atoms with Crippen molar-refractivity contribution in [2.45, 2.75) is 12.1 Å². The Kier molecular flexibility index (Phi) is 7.14. The lowest BCUT2D eigenvalue weighted by atomic mass is 10.1. The Hall–Kier alpha value is -1.63. The van der Waals surface area contributed by atoms with Gasteiger partial charge in [0.2, 0.25) is 5.91 Å². The van der Waals surface area contributed by atoms with Crippen molar-refractivity contribution in [2.24, 2.45) is 5.73 Å². The Balaban J connectivity index is 2.72. The summed E-state index contributed by atoms with van der Waals surface area (Å²) in [6, 6.07) is 7.19. The van der Waals surface area contributed by atoms with Crippen LogP contribution < -0.4 is 15.8 Å². The predicted octanol–water partition coefficient (Wildman–Crippen LogP) is 0.388. The summed E-state index contributed by atoms with van der Waals surface area (Å²) in [5, 5.41) is 2.86. The van der Waals surface area contributed by atoms with Crippen LogP contribution in [-0.2, 0) is 9.53 Å². The van der Waals surface area contributed by atoms with Crippen LogP contribution in [0.4, 0.5) is 0 Å². The van der Waals surface area contributed by atoms with Crippen LogP contribution >= 0.6 is 0 Å². The van der Waals surface area contributed by atoms with Gasteiger partial charge < -0.3 is 25.4 Å². The molecule has 2 unspecified atom stereocenters. The van der Waals surface area contributed by atoms with E-state index in [0.29, 0.717) is 6.54 Å². The van der Waals surface area contributed by atoms with Gasteiger partial charge in [-0.25, -0.2) is 0 Å². The summed E-state index contributed by atoms with van der Waals surface area (Å²) in [5.74, 6) is 0.577. The molecule has 3 N–H and O–H groups in total. The van der Waals surface area contributed by atoms with E-state index in [0.717, 1.165) is 11.3 Å². The van der Waals surface area contributed by atoms with Crippen LogP contribution in [-0.4, -0.2) is 58.3 Å². The molecule has 0 aromatic heterocycles. The molecule has 1 aromatic carbocycles. The minimum atomic E-state index is -0.650. The minimum absolute atomic E-state index is 0.0406. The van der Waals surface area contributed by atoms with E-state index in [2.05, 4.69) is 5.32 Å². The number of nitrogens with one attached hydrogen (secondary N) is 1. The fraction of sp³-hybridized carbons (Fsp3) is 0.533. The number of hydrogen-bond donors (Lipinski definition) is 2. The van der Waals surface area contributed by atoms with E-state index in [1.165, 1.54) is 7.11 Å². The highest BCUT2D eigenvalue weighted by Gasteiger charge is 2.18. The van der Waals surface area contributed by atoms with Crippen molar-refractivity contribution in [3.8, 4) is 5.75 Å². The molecule has 0 heterocycles. The van der Waals surface area contributed by atoms with Crippen molar-refractivity contribution in [1.29, 1.82) is 0 Å². The third kappa shape index (κ3) is 5.34. The molecule has 0 saturated carbocycles. The first-order valence-corrected chi connectivity index (χ1v) is 6.82. The zero-order valence-electron chi connectivity index (χ0n) is 13.1. The average Bonchev–Trinajstić information content (AvgIpc) is 2.47. The SMILES string of the molecule is COCC(N)C(=O)NCC(c1cccc(OC)c1)N(C)C. The van der Waals surface area contributed by atoms with Gasteiger partial charge >= 0.3 is 0 Å². The Morgan fingerprint density at radius 2 is 2.10 bits per heavy atom. The number of ether oxygens (including phenoxy) is 2. The topological polar surface area (TPSA) is 76.8 Å². The number of hydrogen-bond acceptors (Lipinski definition) is 5. The van der Waals surface area contributed by atoms with Crippen LogP contribution in [0.25, 0.3) is 0 Å². The van der Waals surface area contributed by atoms with E-state index >= 15 is 0 Å². The molecule has 0 radical (unpaired) electrons. The lowest BCUT2D eigenvalue weighted by molar-refractivity contribution is -0.123. The highest BCUT2D eigenvalue weighted by Crippen LogP contribution is 2.22. The Morgan fingerprint density at radius 3 is 2.67 bits per heavy atom. The van der Waals surface area contributed by atoms with Gasteiger partial charge in [0.25, 0.3) is 0 Å². The van der Waals surface area contributed by atoms with Crippen LogP contribution in [0.15, 0.2) is 24.3 Å². The zero-order valence-corrected chi connectivity index (χ0v) is 13.1. The van der Waals surface area contributed by atoms with Crippen LogP contribution in [0.5, 0.6) is 5.75 Å². The molecule has 0 saturated heterocycles. The third-order valence-electron chi connectivity index (χ3n) is 3.25. The Bertz CT molecular complexity index is 452. The van der Waals surface area contributed by atoms with Crippen molar-refractivity contribution in [1.82, 2.24) is 10.2 Å². The van der Waals surface area contributed by atoms with Crippen LogP contribution in [0, 0.1) is 0 Å². The molecule has 1 aromatic rings. The predicted molar refractivity (Wildman–Crippen MR) is 82.3 cm³/mol. The van der Waals surface area contributed by atoms with E-state index in [-0.39, 0.29) is 18.6 Å². The average molecular weight is 295 g/mol. The molecule has 0 spiro atoms. The van der Waals surface area contributed by atoms with E-state index in [9.17, 15) is 4.79 Å². The lowest BCUT2D eigenvalue weighted by Gasteiger charge is -2.26. The third-order valence-corrected chi connectivity index (χ3v) is 3.25.